The van der Waals surface area contributed by atoms with Crippen LogP contribution in [0.2, 0.25) is 0 Å². The summed E-state index contributed by atoms with van der Waals surface area (Å²) in [6, 6.07) is 8.35. The van der Waals surface area contributed by atoms with Crippen molar-refractivity contribution in [2.24, 2.45) is 0 Å². The van der Waals surface area contributed by atoms with E-state index in [0.717, 1.165) is 22.9 Å². The molecule has 0 aliphatic rings. The van der Waals surface area contributed by atoms with E-state index < -0.39 is 0 Å². The van der Waals surface area contributed by atoms with Gasteiger partial charge < -0.3 is 10.1 Å². The molecular formula is C15H20N2OS. The molecule has 102 valence electrons. The minimum atomic E-state index is 0.120. The Morgan fingerprint density at radius 1 is 1.37 bits per heavy atom. The zero-order chi connectivity index (χ0) is 13.8. The van der Waals surface area contributed by atoms with E-state index in [1.165, 1.54) is 10.4 Å². The number of aryl methyl sites for hydroxylation is 2. The Balaban J connectivity index is 2.05. The number of thiazole rings is 1. The molecule has 1 atom stereocenters. The van der Waals surface area contributed by atoms with Gasteiger partial charge in [0.1, 0.15) is 0 Å². The molecule has 0 aliphatic heterocycles. The summed E-state index contributed by atoms with van der Waals surface area (Å²) in [7, 11) is 1.73. The van der Waals surface area contributed by atoms with E-state index in [2.05, 4.69) is 48.4 Å². The maximum atomic E-state index is 5.34. The van der Waals surface area contributed by atoms with Gasteiger partial charge in [-0.05, 0) is 38.5 Å². The van der Waals surface area contributed by atoms with Gasteiger partial charge in [-0.25, -0.2) is 4.98 Å². The number of nitrogens with zero attached hydrogens (tertiary/aromatic N) is 1. The number of ether oxygens (including phenoxy) is 1. The van der Waals surface area contributed by atoms with Crippen molar-refractivity contribution in [1.82, 2.24) is 4.98 Å². The van der Waals surface area contributed by atoms with Crippen LogP contribution in [0.25, 0.3) is 0 Å². The number of hydrogen-bond acceptors (Lipinski definition) is 4. The summed E-state index contributed by atoms with van der Waals surface area (Å²) in [4.78, 5) is 5.74. The van der Waals surface area contributed by atoms with Crippen LogP contribution in [0.15, 0.2) is 24.3 Å². The van der Waals surface area contributed by atoms with Crippen LogP contribution in [-0.4, -0.2) is 12.1 Å². The van der Waals surface area contributed by atoms with Gasteiger partial charge in [0.05, 0.1) is 23.4 Å². The van der Waals surface area contributed by atoms with Gasteiger partial charge in [-0.15, -0.1) is 11.3 Å². The number of anilines is 1. The fourth-order valence-electron chi connectivity index (χ4n) is 1.96. The highest BCUT2D eigenvalue weighted by atomic mass is 32.1. The lowest BCUT2D eigenvalue weighted by Crippen LogP contribution is -2.01. The number of methoxy groups -OCH3 is 1. The molecule has 0 bridgehead atoms. The van der Waals surface area contributed by atoms with Crippen LogP contribution in [-0.2, 0) is 11.3 Å². The minimum Gasteiger partial charge on any atom is -0.380 e. The lowest BCUT2D eigenvalue weighted by atomic mass is 10.1. The van der Waals surface area contributed by atoms with Crippen LogP contribution in [0.4, 0.5) is 5.69 Å². The van der Waals surface area contributed by atoms with Gasteiger partial charge in [-0.3, -0.25) is 0 Å². The van der Waals surface area contributed by atoms with Gasteiger partial charge in [-0.2, -0.15) is 0 Å². The molecule has 0 saturated heterocycles. The fourth-order valence-corrected chi connectivity index (χ4v) is 2.83. The number of nitrogens with one attached hydrogen (secondary N) is 1. The van der Waals surface area contributed by atoms with Crippen LogP contribution in [0.1, 0.15) is 34.2 Å². The largest absolute Gasteiger partial charge is 0.380 e. The second-order valence-corrected chi connectivity index (χ2v) is 5.89. The predicted octanol–water partition coefficient (Wildman–Crippen LogP) is 4.08. The first kappa shape index (κ1) is 14.0. The van der Waals surface area contributed by atoms with Crippen molar-refractivity contribution in [3.8, 4) is 0 Å². The summed E-state index contributed by atoms with van der Waals surface area (Å²) in [5.41, 5.74) is 3.42. The van der Waals surface area contributed by atoms with Gasteiger partial charge >= 0.3 is 0 Å². The summed E-state index contributed by atoms with van der Waals surface area (Å²) in [6.45, 7) is 6.98. The van der Waals surface area contributed by atoms with E-state index in [9.17, 15) is 0 Å². The van der Waals surface area contributed by atoms with Gasteiger partial charge in [-0.1, -0.05) is 12.1 Å². The molecule has 2 rings (SSSR count). The average molecular weight is 276 g/mol. The minimum absolute atomic E-state index is 0.120. The first-order chi connectivity index (χ1) is 9.10. The SMILES string of the molecule is COC(C)c1cccc(NCc2sc(C)nc2C)c1. The third-order valence-electron chi connectivity index (χ3n) is 3.16. The second-order valence-electron chi connectivity index (χ2n) is 4.60. The van der Waals surface area contributed by atoms with Gasteiger partial charge in [0.25, 0.3) is 0 Å². The Labute approximate surface area is 118 Å². The fraction of sp³-hybridized carbons (Fsp3) is 0.400. The van der Waals surface area contributed by atoms with Gasteiger partial charge in [0.2, 0.25) is 0 Å². The highest BCUT2D eigenvalue weighted by Gasteiger charge is 2.06. The third kappa shape index (κ3) is 3.55. The first-order valence-electron chi connectivity index (χ1n) is 6.39. The molecule has 4 heteroatoms. The van der Waals surface area contributed by atoms with Crippen LogP contribution in [0.5, 0.6) is 0 Å². The summed E-state index contributed by atoms with van der Waals surface area (Å²) in [5, 5.41) is 4.57. The Morgan fingerprint density at radius 2 is 2.16 bits per heavy atom. The first-order valence-corrected chi connectivity index (χ1v) is 7.21. The number of aromatic nitrogens is 1. The molecule has 0 saturated carbocycles. The quantitative estimate of drug-likeness (QED) is 0.893. The Kier molecular flexibility index (Phi) is 4.56. The van der Waals surface area contributed by atoms with Crippen molar-refractivity contribution in [3.05, 3.63) is 45.4 Å². The Hall–Kier alpha value is -1.39. The molecule has 1 aromatic carbocycles. The Bertz CT molecular complexity index is 551. The van der Waals surface area contributed by atoms with Crippen molar-refractivity contribution in [2.75, 3.05) is 12.4 Å². The van der Waals surface area contributed by atoms with Crippen LogP contribution < -0.4 is 5.32 Å². The van der Waals surface area contributed by atoms with Gasteiger partial charge in [0.15, 0.2) is 0 Å². The summed E-state index contributed by atoms with van der Waals surface area (Å²) >= 11 is 1.75. The van der Waals surface area contributed by atoms with Crippen molar-refractivity contribution >= 4 is 17.0 Å². The van der Waals surface area contributed by atoms with E-state index in [4.69, 9.17) is 4.74 Å². The molecule has 1 aromatic heterocycles. The van der Waals surface area contributed by atoms with Crippen molar-refractivity contribution in [2.45, 2.75) is 33.4 Å². The standard InChI is InChI=1S/C15H20N2OS/c1-10-15(19-12(3)17-10)9-16-14-7-5-6-13(8-14)11(2)18-4/h5-8,11,16H,9H2,1-4H3. The molecule has 0 radical (unpaired) electrons. The third-order valence-corrected chi connectivity index (χ3v) is 4.24. The maximum absolute atomic E-state index is 5.34. The highest BCUT2D eigenvalue weighted by molar-refractivity contribution is 7.11. The number of hydrogen-bond donors (Lipinski definition) is 1. The number of benzene rings is 1. The molecular weight excluding hydrogens is 256 g/mol. The molecule has 2 aromatic rings. The molecule has 0 spiro atoms. The van der Waals surface area contributed by atoms with Gasteiger partial charge in [0, 0.05) is 17.7 Å². The van der Waals surface area contributed by atoms with Crippen LogP contribution >= 0.6 is 11.3 Å². The average Bonchev–Trinajstić information content (AvgIpc) is 2.74. The van der Waals surface area contributed by atoms with Crippen LogP contribution in [0, 0.1) is 13.8 Å². The van der Waals surface area contributed by atoms with E-state index >= 15 is 0 Å². The maximum Gasteiger partial charge on any atom is 0.0900 e. The predicted molar refractivity (Wildman–Crippen MR) is 80.8 cm³/mol. The monoisotopic (exact) mass is 276 g/mol. The van der Waals surface area contributed by atoms with E-state index in [1.54, 1.807) is 18.4 Å². The smallest absolute Gasteiger partial charge is 0.0900 e. The molecule has 0 amide bonds. The molecule has 1 heterocycles. The molecule has 19 heavy (non-hydrogen) atoms. The second kappa shape index (κ2) is 6.17. The highest BCUT2D eigenvalue weighted by Crippen LogP contribution is 2.22. The van der Waals surface area contributed by atoms with E-state index in [-0.39, 0.29) is 6.10 Å². The molecule has 1 N–H and O–H groups in total. The van der Waals surface area contributed by atoms with E-state index in [0.29, 0.717) is 0 Å². The molecule has 0 fully saturated rings. The number of rotatable bonds is 5. The molecule has 0 aliphatic carbocycles. The Morgan fingerprint density at radius 3 is 2.79 bits per heavy atom. The van der Waals surface area contributed by atoms with Crippen molar-refractivity contribution in [1.29, 1.82) is 0 Å². The van der Waals surface area contributed by atoms with E-state index in [1.807, 2.05) is 6.92 Å². The zero-order valence-electron chi connectivity index (χ0n) is 11.9. The lowest BCUT2D eigenvalue weighted by molar-refractivity contribution is 0.119. The van der Waals surface area contributed by atoms with Crippen molar-refractivity contribution < 1.29 is 4.74 Å². The normalized spacial score (nSPS) is 12.4. The topological polar surface area (TPSA) is 34.1 Å². The lowest BCUT2D eigenvalue weighted by Gasteiger charge is -2.12. The molecule has 1 unspecified atom stereocenters. The zero-order valence-corrected chi connectivity index (χ0v) is 12.7. The molecule has 3 nitrogen and oxygen atoms in total. The summed E-state index contributed by atoms with van der Waals surface area (Å²) < 4.78 is 5.34. The summed E-state index contributed by atoms with van der Waals surface area (Å²) in [5.74, 6) is 0. The van der Waals surface area contributed by atoms with Crippen molar-refractivity contribution in [3.63, 3.8) is 0 Å². The van der Waals surface area contributed by atoms with Crippen LogP contribution in [0.3, 0.4) is 0 Å². The summed E-state index contributed by atoms with van der Waals surface area (Å²) in [6.07, 6.45) is 0.120.